The number of methoxy groups -OCH3 is 1. The number of ether oxygens (including phenoxy) is 1. The van der Waals surface area contributed by atoms with Crippen LogP contribution >= 0.6 is 23.4 Å². The number of nitrogens with one attached hydrogen (secondary N) is 1. The molecular weight excluding hydrogens is 330 g/mol. The van der Waals surface area contributed by atoms with Crippen LogP contribution in [0, 0.1) is 0 Å². The Morgan fingerprint density at radius 1 is 1.17 bits per heavy atom. The number of hydrogen-bond donors (Lipinski definition) is 1. The van der Waals surface area contributed by atoms with E-state index < -0.39 is 0 Å². The van der Waals surface area contributed by atoms with Crippen molar-refractivity contribution in [2.24, 2.45) is 0 Å². The lowest BCUT2D eigenvalue weighted by Gasteiger charge is -2.14. The molecule has 0 bridgehead atoms. The van der Waals surface area contributed by atoms with Crippen LogP contribution in [0.15, 0.2) is 53.4 Å². The number of carbonyl (C=O) groups excluding carboxylic acids is 1. The van der Waals surface area contributed by atoms with Crippen molar-refractivity contribution in [3.63, 3.8) is 0 Å². The summed E-state index contributed by atoms with van der Waals surface area (Å²) >= 11 is 7.50. The Balaban J connectivity index is 1.76. The summed E-state index contributed by atoms with van der Waals surface area (Å²) in [5.74, 6) is 1.60. The highest BCUT2D eigenvalue weighted by molar-refractivity contribution is 7.99. The average Bonchev–Trinajstić information content (AvgIpc) is 2.56. The van der Waals surface area contributed by atoms with Crippen molar-refractivity contribution in [1.82, 2.24) is 5.32 Å². The Morgan fingerprint density at radius 2 is 1.83 bits per heavy atom. The van der Waals surface area contributed by atoms with E-state index in [1.807, 2.05) is 55.5 Å². The first-order chi connectivity index (χ1) is 11.1. The maximum atomic E-state index is 12.0. The summed E-state index contributed by atoms with van der Waals surface area (Å²) in [4.78, 5) is 13.1. The van der Waals surface area contributed by atoms with Gasteiger partial charge in [0.05, 0.1) is 13.2 Å². The third-order valence-corrected chi connectivity index (χ3v) is 4.67. The normalized spacial score (nSPS) is 11.8. The molecule has 2 aromatic carbocycles. The fraction of sp³-hybridized carbons (Fsp3) is 0.278. The van der Waals surface area contributed by atoms with E-state index in [0.29, 0.717) is 6.42 Å². The van der Waals surface area contributed by atoms with Crippen molar-refractivity contribution in [1.29, 1.82) is 0 Å². The van der Waals surface area contributed by atoms with Crippen LogP contribution in [0.4, 0.5) is 0 Å². The fourth-order valence-electron chi connectivity index (χ4n) is 2.08. The first kappa shape index (κ1) is 17.7. The number of carbonyl (C=O) groups is 1. The number of benzene rings is 2. The van der Waals surface area contributed by atoms with Gasteiger partial charge in [-0.2, -0.15) is 0 Å². The molecule has 0 fully saturated rings. The van der Waals surface area contributed by atoms with E-state index in [2.05, 4.69) is 5.32 Å². The largest absolute Gasteiger partial charge is 0.497 e. The van der Waals surface area contributed by atoms with Crippen LogP contribution in [0.5, 0.6) is 5.75 Å². The van der Waals surface area contributed by atoms with Crippen LogP contribution in [0.2, 0.25) is 5.02 Å². The molecule has 0 aromatic heterocycles. The molecule has 0 aliphatic carbocycles. The summed E-state index contributed by atoms with van der Waals surface area (Å²) in [6, 6.07) is 15.3. The molecule has 1 atom stereocenters. The molecule has 0 aliphatic heterocycles. The van der Waals surface area contributed by atoms with Crippen LogP contribution < -0.4 is 10.1 Å². The molecular formula is C18H20ClNO2S. The van der Waals surface area contributed by atoms with Gasteiger partial charge in [-0.05, 0) is 48.9 Å². The van der Waals surface area contributed by atoms with E-state index in [4.69, 9.17) is 16.3 Å². The highest BCUT2D eigenvalue weighted by Crippen LogP contribution is 2.21. The van der Waals surface area contributed by atoms with E-state index in [-0.39, 0.29) is 11.9 Å². The zero-order valence-electron chi connectivity index (χ0n) is 13.2. The molecule has 0 saturated heterocycles. The van der Waals surface area contributed by atoms with Crippen molar-refractivity contribution in [2.45, 2.75) is 24.3 Å². The Morgan fingerprint density at radius 3 is 2.43 bits per heavy atom. The Hall–Kier alpha value is -1.65. The number of rotatable bonds is 7. The highest BCUT2D eigenvalue weighted by atomic mass is 35.5. The van der Waals surface area contributed by atoms with Gasteiger partial charge < -0.3 is 10.1 Å². The zero-order valence-corrected chi connectivity index (χ0v) is 14.8. The number of halogens is 1. The van der Waals surface area contributed by atoms with Gasteiger partial charge in [0.15, 0.2) is 0 Å². The summed E-state index contributed by atoms with van der Waals surface area (Å²) in [6.45, 7) is 1.98. The van der Waals surface area contributed by atoms with Crippen molar-refractivity contribution < 1.29 is 9.53 Å². The highest BCUT2D eigenvalue weighted by Gasteiger charge is 2.09. The van der Waals surface area contributed by atoms with Crippen molar-refractivity contribution in [3.05, 3.63) is 59.1 Å². The van der Waals surface area contributed by atoms with Gasteiger partial charge >= 0.3 is 0 Å². The van der Waals surface area contributed by atoms with E-state index >= 15 is 0 Å². The van der Waals surface area contributed by atoms with Crippen LogP contribution in [0.25, 0.3) is 0 Å². The lowest BCUT2D eigenvalue weighted by molar-refractivity contribution is -0.121. The number of hydrogen-bond acceptors (Lipinski definition) is 3. The molecule has 0 saturated carbocycles. The fourth-order valence-corrected chi connectivity index (χ4v) is 3.06. The van der Waals surface area contributed by atoms with Gasteiger partial charge in [-0.15, -0.1) is 11.8 Å². The van der Waals surface area contributed by atoms with Crippen molar-refractivity contribution in [3.8, 4) is 5.75 Å². The van der Waals surface area contributed by atoms with Crippen LogP contribution in [-0.2, 0) is 4.79 Å². The first-order valence-electron chi connectivity index (χ1n) is 7.40. The van der Waals surface area contributed by atoms with Crippen LogP contribution in [0.1, 0.15) is 24.9 Å². The van der Waals surface area contributed by atoms with Crippen molar-refractivity contribution in [2.75, 3.05) is 12.9 Å². The minimum absolute atomic E-state index is 0.0195. The Labute approximate surface area is 146 Å². The molecule has 2 aromatic rings. The molecule has 3 nitrogen and oxygen atoms in total. The van der Waals surface area contributed by atoms with Gasteiger partial charge in [-0.25, -0.2) is 0 Å². The molecule has 5 heteroatoms. The number of thioether (sulfide) groups is 1. The van der Waals surface area contributed by atoms with Gasteiger partial charge in [0.2, 0.25) is 5.91 Å². The first-order valence-corrected chi connectivity index (χ1v) is 8.76. The Kier molecular flexibility index (Phi) is 6.81. The summed E-state index contributed by atoms with van der Waals surface area (Å²) in [7, 11) is 1.64. The maximum absolute atomic E-state index is 12.0. The van der Waals surface area contributed by atoms with E-state index in [1.54, 1.807) is 18.9 Å². The Bertz CT molecular complexity index is 628. The van der Waals surface area contributed by atoms with Gasteiger partial charge in [0, 0.05) is 22.1 Å². The molecule has 1 amide bonds. The minimum atomic E-state index is -0.0195. The SMILES string of the molecule is COc1ccc(C(C)NC(=O)CCSc2ccc(Cl)cc2)cc1. The van der Waals surface area contributed by atoms with E-state index in [1.165, 1.54) is 0 Å². The van der Waals surface area contributed by atoms with Gasteiger partial charge in [0.1, 0.15) is 5.75 Å². The van der Waals surface area contributed by atoms with E-state index in [9.17, 15) is 4.79 Å². The topological polar surface area (TPSA) is 38.3 Å². The number of amides is 1. The predicted molar refractivity (Wildman–Crippen MR) is 96.3 cm³/mol. The molecule has 23 heavy (non-hydrogen) atoms. The molecule has 0 aliphatic rings. The molecule has 1 N–H and O–H groups in total. The monoisotopic (exact) mass is 349 g/mol. The summed E-state index contributed by atoms with van der Waals surface area (Å²) in [6.07, 6.45) is 0.480. The molecule has 0 radical (unpaired) electrons. The second-order valence-corrected chi connectivity index (χ2v) is 6.72. The van der Waals surface area contributed by atoms with E-state index in [0.717, 1.165) is 27.0 Å². The lowest BCUT2D eigenvalue weighted by atomic mass is 10.1. The second-order valence-electron chi connectivity index (χ2n) is 5.11. The smallest absolute Gasteiger partial charge is 0.221 e. The lowest BCUT2D eigenvalue weighted by Crippen LogP contribution is -2.26. The summed E-state index contributed by atoms with van der Waals surface area (Å²) in [5, 5.41) is 3.74. The molecule has 1 unspecified atom stereocenters. The predicted octanol–water partition coefficient (Wildman–Crippen LogP) is 4.71. The van der Waals surface area contributed by atoms with Gasteiger partial charge in [-0.1, -0.05) is 23.7 Å². The van der Waals surface area contributed by atoms with Crippen LogP contribution in [-0.4, -0.2) is 18.8 Å². The summed E-state index contributed by atoms with van der Waals surface area (Å²) in [5.41, 5.74) is 1.06. The van der Waals surface area contributed by atoms with Gasteiger partial charge in [-0.3, -0.25) is 4.79 Å². The second kappa shape index (κ2) is 8.85. The third-order valence-electron chi connectivity index (χ3n) is 3.40. The molecule has 0 spiro atoms. The quantitative estimate of drug-likeness (QED) is 0.736. The molecule has 2 rings (SSSR count). The standard InChI is InChI=1S/C18H20ClNO2S/c1-13(14-3-7-16(22-2)8-4-14)20-18(21)11-12-23-17-9-5-15(19)6-10-17/h3-10,13H,11-12H2,1-2H3,(H,20,21). The zero-order chi connectivity index (χ0) is 16.7. The molecule has 0 heterocycles. The average molecular weight is 350 g/mol. The summed E-state index contributed by atoms with van der Waals surface area (Å²) < 4.78 is 5.13. The van der Waals surface area contributed by atoms with Crippen LogP contribution in [0.3, 0.4) is 0 Å². The molecule has 122 valence electrons. The minimum Gasteiger partial charge on any atom is -0.497 e. The maximum Gasteiger partial charge on any atom is 0.221 e. The van der Waals surface area contributed by atoms with Gasteiger partial charge in [0.25, 0.3) is 0 Å². The van der Waals surface area contributed by atoms with Crippen molar-refractivity contribution >= 4 is 29.3 Å². The third kappa shape index (κ3) is 5.81.